The quantitative estimate of drug-likeness (QED) is 0.865. The molecule has 0 aliphatic heterocycles. The summed E-state index contributed by atoms with van der Waals surface area (Å²) >= 11 is 3.50. The maximum Gasteiger partial charge on any atom is 0.136 e. The second kappa shape index (κ2) is 6.30. The van der Waals surface area contributed by atoms with Crippen molar-refractivity contribution in [3.8, 4) is 0 Å². The molecule has 0 amide bonds. The van der Waals surface area contributed by atoms with Gasteiger partial charge in [-0.2, -0.15) is 0 Å². The lowest BCUT2D eigenvalue weighted by Gasteiger charge is -2.20. The molecule has 0 aliphatic rings. The number of likely N-dealkylation sites (N-methyl/N-ethyl adjacent to an activating group) is 1. The van der Waals surface area contributed by atoms with Gasteiger partial charge in [0.25, 0.3) is 0 Å². The Bertz CT molecular complexity index is 286. The third-order valence-corrected chi connectivity index (χ3v) is 2.80. The van der Waals surface area contributed by atoms with Crippen molar-refractivity contribution in [2.24, 2.45) is 0 Å². The van der Waals surface area contributed by atoms with Crippen molar-refractivity contribution in [3.63, 3.8) is 0 Å². The number of hydrogen-bond donors (Lipinski definition) is 1. The Balaban J connectivity index is 2.67. The summed E-state index contributed by atoms with van der Waals surface area (Å²) in [6.45, 7) is 4.11. The third-order valence-electron chi connectivity index (χ3n) is 2.15. The molecule has 0 radical (unpaired) electrons. The van der Waals surface area contributed by atoms with Gasteiger partial charge in [0.2, 0.25) is 0 Å². The van der Waals surface area contributed by atoms with E-state index in [4.69, 9.17) is 4.42 Å². The van der Waals surface area contributed by atoms with Crippen LogP contribution in [0.3, 0.4) is 0 Å². The van der Waals surface area contributed by atoms with E-state index in [1.165, 1.54) is 0 Å². The van der Waals surface area contributed by atoms with Crippen LogP contribution in [0.2, 0.25) is 0 Å². The molecule has 1 rings (SSSR count). The molecule has 0 aromatic carbocycles. The Labute approximate surface area is 100.0 Å². The topological polar surface area (TPSA) is 28.4 Å². The highest BCUT2D eigenvalue weighted by atomic mass is 79.9. The predicted molar refractivity (Wildman–Crippen MR) is 66.0 cm³/mol. The highest BCUT2D eigenvalue weighted by Crippen LogP contribution is 2.24. The molecule has 0 saturated heterocycles. The SMILES string of the molecule is CCCNC(CN(C)C)c1occc1Br. The minimum absolute atomic E-state index is 0.254. The number of furan rings is 1. The molecule has 0 bridgehead atoms. The summed E-state index contributed by atoms with van der Waals surface area (Å²) in [4.78, 5) is 2.16. The van der Waals surface area contributed by atoms with Crippen LogP contribution in [0.25, 0.3) is 0 Å². The molecule has 4 heteroatoms. The third kappa shape index (κ3) is 3.97. The van der Waals surface area contributed by atoms with Crippen LogP contribution in [-0.2, 0) is 0 Å². The van der Waals surface area contributed by atoms with Gasteiger partial charge in [-0.25, -0.2) is 0 Å². The smallest absolute Gasteiger partial charge is 0.136 e. The molecule has 1 aromatic rings. The Hall–Kier alpha value is -0.320. The molecule has 0 saturated carbocycles. The highest BCUT2D eigenvalue weighted by molar-refractivity contribution is 9.10. The van der Waals surface area contributed by atoms with Gasteiger partial charge in [-0.1, -0.05) is 6.92 Å². The van der Waals surface area contributed by atoms with E-state index in [2.05, 4.69) is 47.2 Å². The zero-order valence-electron chi connectivity index (χ0n) is 9.59. The van der Waals surface area contributed by atoms with Crippen LogP contribution in [-0.4, -0.2) is 32.1 Å². The van der Waals surface area contributed by atoms with Crippen LogP contribution in [0, 0.1) is 0 Å². The first kappa shape index (κ1) is 12.7. The van der Waals surface area contributed by atoms with Gasteiger partial charge in [0, 0.05) is 6.54 Å². The zero-order valence-corrected chi connectivity index (χ0v) is 11.2. The fraction of sp³-hybridized carbons (Fsp3) is 0.636. The number of nitrogens with one attached hydrogen (secondary N) is 1. The molecule has 1 atom stereocenters. The predicted octanol–water partition coefficient (Wildman–Crippen LogP) is 2.64. The van der Waals surface area contributed by atoms with Crippen molar-refractivity contribution in [2.45, 2.75) is 19.4 Å². The lowest BCUT2D eigenvalue weighted by Crippen LogP contribution is -2.31. The van der Waals surface area contributed by atoms with E-state index in [0.717, 1.165) is 29.7 Å². The molecule has 86 valence electrons. The summed E-state index contributed by atoms with van der Waals surface area (Å²) in [5.41, 5.74) is 0. The van der Waals surface area contributed by atoms with Crippen molar-refractivity contribution < 1.29 is 4.42 Å². The van der Waals surface area contributed by atoms with E-state index in [1.54, 1.807) is 6.26 Å². The number of halogens is 1. The van der Waals surface area contributed by atoms with E-state index >= 15 is 0 Å². The van der Waals surface area contributed by atoms with Crippen molar-refractivity contribution in [1.82, 2.24) is 10.2 Å². The lowest BCUT2D eigenvalue weighted by atomic mass is 10.2. The van der Waals surface area contributed by atoms with Gasteiger partial charge >= 0.3 is 0 Å². The van der Waals surface area contributed by atoms with Gasteiger partial charge in [0.1, 0.15) is 5.76 Å². The number of rotatable bonds is 6. The molecular weight excluding hydrogens is 256 g/mol. The molecule has 0 fully saturated rings. The summed E-state index contributed by atoms with van der Waals surface area (Å²) < 4.78 is 6.53. The number of hydrogen-bond acceptors (Lipinski definition) is 3. The molecule has 0 aliphatic carbocycles. The maximum absolute atomic E-state index is 5.49. The van der Waals surface area contributed by atoms with Crippen LogP contribution in [0.4, 0.5) is 0 Å². The molecule has 15 heavy (non-hydrogen) atoms. The summed E-state index contributed by atoms with van der Waals surface area (Å²) in [6.07, 6.45) is 2.85. The van der Waals surface area contributed by atoms with Crippen molar-refractivity contribution in [1.29, 1.82) is 0 Å². The fourth-order valence-corrected chi connectivity index (χ4v) is 1.96. The molecular formula is C11H19BrN2O. The maximum atomic E-state index is 5.49. The summed E-state index contributed by atoms with van der Waals surface area (Å²) in [5, 5.41) is 3.48. The van der Waals surface area contributed by atoms with Gasteiger partial charge in [-0.15, -0.1) is 0 Å². The Morgan fingerprint density at radius 2 is 2.27 bits per heavy atom. The molecule has 1 unspecified atom stereocenters. The first-order valence-corrected chi connectivity index (χ1v) is 6.05. The monoisotopic (exact) mass is 274 g/mol. The Morgan fingerprint density at radius 3 is 2.73 bits per heavy atom. The summed E-state index contributed by atoms with van der Waals surface area (Å²) in [6, 6.07) is 2.19. The van der Waals surface area contributed by atoms with Crippen molar-refractivity contribution >= 4 is 15.9 Å². The fourth-order valence-electron chi connectivity index (χ4n) is 1.48. The molecule has 1 heterocycles. The second-order valence-electron chi connectivity index (χ2n) is 3.90. The van der Waals surface area contributed by atoms with Crippen molar-refractivity contribution in [3.05, 3.63) is 22.6 Å². The van der Waals surface area contributed by atoms with E-state index in [-0.39, 0.29) is 6.04 Å². The molecule has 1 aromatic heterocycles. The molecule has 1 N–H and O–H groups in total. The summed E-state index contributed by atoms with van der Waals surface area (Å²) in [7, 11) is 4.13. The summed E-state index contributed by atoms with van der Waals surface area (Å²) in [5.74, 6) is 0.983. The molecule has 3 nitrogen and oxygen atoms in total. The zero-order chi connectivity index (χ0) is 11.3. The minimum atomic E-state index is 0.254. The van der Waals surface area contributed by atoms with E-state index in [0.29, 0.717) is 0 Å². The lowest BCUT2D eigenvalue weighted by molar-refractivity contribution is 0.308. The first-order valence-electron chi connectivity index (χ1n) is 5.26. The Morgan fingerprint density at radius 1 is 1.53 bits per heavy atom. The molecule has 0 spiro atoms. The van der Waals surface area contributed by atoms with Gasteiger partial charge in [0.15, 0.2) is 0 Å². The average Bonchev–Trinajstić information content (AvgIpc) is 2.58. The van der Waals surface area contributed by atoms with Gasteiger partial charge in [0.05, 0.1) is 16.8 Å². The average molecular weight is 275 g/mol. The Kier molecular flexibility index (Phi) is 5.36. The van der Waals surface area contributed by atoms with Crippen LogP contribution in [0.5, 0.6) is 0 Å². The van der Waals surface area contributed by atoms with Gasteiger partial charge in [-0.05, 0) is 49.1 Å². The van der Waals surface area contributed by atoms with E-state index in [1.807, 2.05) is 6.07 Å². The van der Waals surface area contributed by atoms with E-state index in [9.17, 15) is 0 Å². The normalized spacial score (nSPS) is 13.4. The van der Waals surface area contributed by atoms with Crippen molar-refractivity contribution in [2.75, 3.05) is 27.2 Å². The van der Waals surface area contributed by atoms with Gasteiger partial charge < -0.3 is 14.6 Å². The van der Waals surface area contributed by atoms with Gasteiger partial charge in [-0.3, -0.25) is 0 Å². The highest BCUT2D eigenvalue weighted by Gasteiger charge is 2.17. The van der Waals surface area contributed by atoms with Crippen LogP contribution in [0.15, 0.2) is 21.2 Å². The van der Waals surface area contributed by atoms with Crippen LogP contribution in [0.1, 0.15) is 25.1 Å². The van der Waals surface area contributed by atoms with Crippen LogP contribution < -0.4 is 5.32 Å². The standard InChI is InChI=1S/C11H19BrN2O/c1-4-6-13-10(8-14(2)3)11-9(12)5-7-15-11/h5,7,10,13H,4,6,8H2,1-3H3. The largest absolute Gasteiger partial charge is 0.466 e. The van der Waals surface area contributed by atoms with Crippen LogP contribution >= 0.6 is 15.9 Å². The van der Waals surface area contributed by atoms with E-state index < -0.39 is 0 Å². The second-order valence-corrected chi connectivity index (χ2v) is 4.76. The first-order chi connectivity index (χ1) is 7.15. The number of nitrogens with zero attached hydrogens (tertiary/aromatic N) is 1. The minimum Gasteiger partial charge on any atom is -0.466 e.